The Morgan fingerprint density at radius 2 is 1.46 bits per heavy atom. The van der Waals surface area contributed by atoms with Crippen molar-refractivity contribution in [3.63, 3.8) is 0 Å². The molecule has 0 aliphatic heterocycles. The molecule has 0 atom stereocenters. The van der Waals surface area contributed by atoms with Gasteiger partial charge in [-0.05, 0) is 69.4 Å². The first-order valence-electron chi connectivity index (χ1n) is 7.89. The van der Waals surface area contributed by atoms with E-state index in [1.54, 1.807) is 12.1 Å². The van der Waals surface area contributed by atoms with Crippen LogP contribution in [0.4, 0.5) is 0 Å². The van der Waals surface area contributed by atoms with Crippen LogP contribution in [-0.4, -0.2) is 11.1 Å². The maximum Gasteiger partial charge on any atom is 0.335 e. The molecule has 0 saturated heterocycles. The molecule has 116 valence electrons. The highest BCUT2D eigenvalue weighted by atomic mass is 16.4. The molecule has 0 unspecified atom stereocenters. The van der Waals surface area contributed by atoms with Gasteiger partial charge in [-0.3, -0.25) is 0 Å². The lowest BCUT2D eigenvalue weighted by atomic mass is 9.94. The second-order valence-electron chi connectivity index (χ2n) is 6.06. The zero-order chi connectivity index (χ0) is 16.7. The predicted molar refractivity (Wildman–Crippen MR) is 98.6 cm³/mol. The minimum absolute atomic E-state index is 0.306. The molecule has 0 aliphatic rings. The molecule has 4 aromatic rings. The normalized spacial score (nSPS) is 11.0. The van der Waals surface area contributed by atoms with Gasteiger partial charge < -0.3 is 5.11 Å². The van der Waals surface area contributed by atoms with Crippen molar-refractivity contribution in [2.75, 3.05) is 0 Å². The Hall–Kier alpha value is -3.13. The van der Waals surface area contributed by atoms with Crippen LogP contribution in [0.25, 0.3) is 32.7 Å². The molecule has 0 saturated carbocycles. The van der Waals surface area contributed by atoms with E-state index < -0.39 is 5.97 Å². The average Bonchev–Trinajstić information content (AvgIpc) is 2.60. The largest absolute Gasteiger partial charge is 0.478 e. The fraction of sp³-hybridized carbons (Fsp3) is 0.0455. The van der Waals surface area contributed by atoms with E-state index >= 15 is 0 Å². The van der Waals surface area contributed by atoms with Gasteiger partial charge in [0.05, 0.1) is 5.56 Å². The van der Waals surface area contributed by atoms with E-state index in [9.17, 15) is 4.79 Å². The molecule has 0 fully saturated rings. The highest BCUT2D eigenvalue weighted by Gasteiger charge is 2.08. The van der Waals surface area contributed by atoms with Crippen molar-refractivity contribution >= 4 is 27.5 Å². The van der Waals surface area contributed by atoms with Crippen molar-refractivity contribution < 1.29 is 9.90 Å². The van der Waals surface area contributed by atoms with E-state index in [4.69, 9.17) is 5.11 Å². The molecule has 0 radical (unpaired) electrons. The van der Waals surface area contributed by atoms with Gasteiger partial charge >= 0.3 is 5.97 Å². The minimum atomic E-state index is -0.902. The van der Waals surface area contributed by atoms with Crippen LogP contribution in [0.1, 0.15) is 15.9 Å². The summed E-state index contributed by atoms with van der Waals surface area (Å²) in [7, 11) is 0. The van der Waals surface area contributed by atoms with Crippen molar-refractivity contribution in [2.45, 2.75) is 6.92 Å². The maximum absolute atomic E-state index is 11.0. The predicted octanol–water partition coefficient (Wildman–Crippen LogP) is 5.67. The molecular weight excluding hydrogens is 296 g/mol. The first-order valence-corrected chi connectivity index (χ1v) is 7.89. The Bertz CT molecular complexity index is 1080. The molecule has 2 nitrogen and oxygen atoms in total. The molecule has 4 rings (SSSR count). The van der Waals surface area contributed by atoms with Gasteiger partial charge in [-0.25, -0.2) is 4.79 Å². The van der Waals surface area contributed by atoms with Gasteiger partial charge in [0.15, 0.2) is 0 Å². The van der Waals surface area contributed by atoms with Crippen molar-refractivity contribution in [3.05, 3.63) is 83.9 Å². The molecule has 0 amide bonds. The lowest BCUT2D eigenvalue weighted by Gasteiger charge is -2.10. The van der Waals surface area contributed by atoms with E-state index in [1.807, 2.05) is 18.2 Å². The fourth-order valence-electron chi connectivity index (χ4n) is 3.25. The van der Waals surface area contributed by atoms with Gasteiger partial charge in [0.25, 0.3) is 0 Å². The Labute approximate surface area is 140 Å². The summed E-state index contributed by atoms with van der Waals surface area (Å²) in [5.41, 5.74) is 3.71. The third kappa shape index (κ3) is 2.33. The maximum atomic E-state index is 11.0. The third-order valence-electron chi connectivity index (χ3n) is 4.54. The lowest BCUT2D eigenvalue weighted by Crippen LogP contribution is -1.95. The Morgan fingerprint density at radius 1 is 0.792 bits per heavy atom. The highest BCUT2D eigenvalue weighted by molar-refractivity contribution is 6.05. The number of rotatable bonds is 2. The summed E-state index contributed by atoms with van der Waals surface area (Å²) < 4.78 is 0. The minimum Gasteiger partial charge on any atom is -0.478 e. The molecule has 4 aromatic carbocycles. The molecule has 0 bridgehead atoms. The standard InChI is InChI=1S/C22H16O2/c1-14-4-2-5-17-12-18-6-3-7-19(21(18)13-20(14)17)15-8-10-16(11-9-15)22(23)24/h2-13H,1H3,(H,23,24). The quantitative estimate of drug-likeness (QED) is 0.484. The molecule has 1 N–H and O–H groups in total. The van der Waals surface area contributed by atoms with Crippen LogP contribution in [0, 0.1) is 6.92 Å². The molecule has 24 heavy (non-hydrogen) atoms. The lowest BCUT2D eigenvalue weighted by molar-refractivity contribution is 0.0697. The smallest absolute Gasteiger partial charge is 0.335 e. The topological polar surface area (TPSA) is 37.3 Å². The van der Waals surface area contributed by atoms with Gasteiger partial charge in [0, 0.05) is 0 Å². The Kier molecular flexibility index (Phi) is 3.31. The number of aryl methyl sites for hydroxylation is 1. The number of aromatic carboxylic acids is 1. The number of hydrogen-bond donors (Lipinski definition) is 1. The number of benzene rings is 4. The van der Waals surface area contributed by atoms with Gasteiger partial charge in [-0.15, -0.1) is 0 Å². The number of carboxylic acids is 1. The van der Waals surface area contributed by atoms with Crippen molar-refractivity contribution in [1.82, 2.24) is 0 Å². The van der Waals surface area contributed by atoms with E-state index in [1.165, 1.54) is 27.1 Å². The molecule has 0 aliphatic carbocycles. The second kappa shape index (κ2) is 5.50. The van der Waals surface area contributed by atoms with Crippen LogP contribution in [0.3, 0.4) is 0 Å². The van der Waals surface area contributed by atoms with E-state index in [2.05, 4.69) is 49.4 Å². The zero-order valence-electron chi connectivity index (χ0n) is 13.3. The summed E-state index contributed by atoms with van der Waals surface area (Å²) in [4.78, 5) is 11.0. The van der Waals surface area contributed by atoms with Crippen LogP contribution in [0.5, 0.6) is 0 Å². The molecule has 2 heteroatoms. The molecule has 0 heterocycles. The average molecular weight is 312 g/mol. The monoisotopic (exact) mass is 312 g/mol. The van der Waals surface area contributed by atoms with Crippen molar-refractivity contribution in [2.24, 2.45) is 0 Å². The first-order chi connectivity index (χ1) is 11.6. The van der Waals surface area contributed by atoms with Crippen molar-refractivity contribution in [3.8, 4) is 11.1 Å². The van der Waals surface area contributed by atoms with Crippen LogP contribution in [0.2, 0.25) is 0 Å². The third-order valence-corrected chi connectivity index (χ3v) is 4.54. The molecular formula is C22H16O2. The van der Waals surface area contributed by atoms with Crippen LogP contribution in [0.15, 0.2) is 72.8 Å². The van der Waals surface area contributed by atoms with Gasteiger partial charge in [-0.2, -0.15) is 0 Å². The number of carboxylic acid groups (broad SMARTS) is 1. The zero-order valence-corrected chi connectivity index (χ0v) is 13.3. The summed E-state index contributed by atoms with van der Waals surface area (Å²) in [5, 5.41) is 13.9. The van der Waals surface area contributed by atoms with Gasteiger partial charge in [0.2, 0.25) is 0 Å². The van der Waals surface area contributed by atoms with Crippen LogP contribution in [-0.2, 0) is 0 Å². The van der Waals surface area contributed by atoms with E-state index in [0.29, 0.717) is 5.56 Å². The van der Waals surface area contributed by atoms with E-state index in [-0.39, 0.29) is 0 Å². The number of carbonyl (C=O) groups is 1. The summed E-state index contributed by atoms with van der Waals surface area (Å²) in [6.07, 6.45) is 0. The molecule has 0 aromatic heterocycles. The summed E-state index contributed by atoms with van der Waals surface area (Å²) in [5.74, 6) is -0.902. The first kappa shape index (κ1) is 14.5. The second-order valence-corrected chi connectivity index (χ2v) is 6.06. The molecule has 0 spiro atoms. The van der Waals surface area contributed by atoms with Gasteiger partial charge in [-0.1, -0.05) is 48.5 Å². The summed E-state index contributed by atoms with van der Waals surface area (Å²) in [6, 6.07) is 24.1. The van der Waals surface area contributed by atoms with Crippen molar-refractivity contribution in [1.29, 1.82) is 0 Å². The highest BCUT2D eigenvalue weighted by Crippen LogP contribution is 2.32. The Balaban J connectivity index is 1.98. The van der Waals surface area contributed by atoms with Crippen LogP contribution >= 0.6 is 0 Å². The SMILES string of the molecule is Cc1cccc2cc3cccc(-c4ccc(C(=O)O)cc4)c3cc12. The fourth-order valence-corrected chi connectivity index (χ4v) is 3.25. The number of hydrogen-bond acceptors (Lipinski definition) is 1. The van der Waals surface area contributed by atoms with Crippen LogP contribution < -0.4 is 0 Å². The number of fused-ring (bicyclic) bond motifs is 2. The Morgan fingerprint density at radius 3 is 2.17 bits per heavy atom. The van der Waals surface area contributed by atoms with Gasteiger partial charge in [0.1, 0.15) is 0 Å². The summed E-state index contributed by atoms with van der Waals surface area (Å²) >= 11 is 0. The van der Waals surface area contributed by atoms with E-state index in [0.717, 1.165) is 11.1 Å². The summed E-state index contributed by atoms with van der Waals surface area (Å²) in [6.45, 7) is 2.12.